The fourth-order valence-corrected chi connectivity index (χ4v) is 4.31. The maximum atomic E-state index is 13.3. The number of fused-ring (bicyclic) bond motifs is 1. The Morgan fingerprint density at radius 3 is 2.77 bits per heavy atom. The molecule has 10 heteroatoms. The van der Waals surface area contributed by atoms with Gasteiger partial charge < -0.3 is 20.2 Å². The number of hydrogen-bond donors (Lipinski definition) is 2. The predicted octanol–water partition coefficient (Wildman–Crippen LogP) is 4.03. The number of nitrogens with one attached hydrogen (secondary N) is 1. The number of nitrogens with two attached hydrogens (primary N) is 1. The van der Waals surface area contributed by atoms with Gasteiger partial charge >= 0.3 is 0 Å². The SMILES string of the molecule is COc1ccc(OC)c(Sc2nc3c([nH]2)c(N)nc[n+]3CCc2ccc(F)cc2Cl)c1. The molecule has 0 bridgehead atoms. The number of imidazole rings is 1. The summed E-state index contributed by atoms with van der Waals surface area (Å²) >= 11 is 7.55. The topological polar surface area (TPSA) is 89.9 Å². The molecule has 0 unspecified atom stereocenters. The Balaban J connectivity index is 1.64. The standard InChI is InChI=1S/C21H19ClFN5O2S/c1-29-14-5-6-16(30-2)17(10-14)31-21-26-18-19(24)25-11-28(20(18)27-21)8-7-12-3-4-13(23)9-15(12)22/h3-6,9-11H,7-8H2,1-2H3,(H2,24,26,27)/p+1. The number of aryl methyl sites for hydroxylation is 2. The Hall–Kier alpha value is -3.04. The van der Waals surface area contributed by atoms with Gasteiger partial charge in [-0.15, -0.1) is 0 Å². The fraction of sp³-hybridized carbons (Fsp3) is 0.190. The Morgan fingerprint density at radius 1 is 1.19 bits per heavy atom. The van der Waals surface area contributed by atoms with E-state index in [1.54, 1.807) is 26.6 Å². The van der Waals surface area contributed by atoms with E-state index in [4.69, 9.17) is 31.8 Å². The number of aromatic amines is 1. The second kappa shape index (κ2) is 8.99. The van der Waals surface area contributed by atoms with Gasteiger partial charge in [0.1, 0.15) is 17.3 Å². The quantitative estimate of drug-likeness (QED) is 0.405. The summed E-state index contributed by atoms with van der Waals surface area (Å²) in [5.74, 6) is 1.41. The lowest BCUT2D eigenvalue weighted by atomic mass is 10.1. The van der Waals surface area contributed by atoms with Crippen LogP contribution in [0.5, 0.6) is 11.5 Å². The Labute approximate surface area is 187 Å². The highest BCUT2D eigenvalue weighted by molar-refractivity contribution is 7.99. The van der Waals surface area contributed by atoms with E-state index in [0.717, 1.165) is 10.5 Å². The molecule has 0 spiro atoms. The molecule has 7 nitrogen and oxygen atoms in total. The van der Waals surface area contributed by atoms with Crippen LogP contribution in [-0.2, 0) is 13.0 Å². The predicted molar refractivity (Wildman–Crippen MR) is 117 cm³/mol. The Bertz CT molecular complexity index is 1250. The number of rotatable bonds is 7. The summed E-state index contributed by atoms with van der Waals surface area (Å²) in [6.45, 7) is 0.548. The van der Waals surface area contributed by atoms with Gasteiger partial charge in [0.25, 0.3) is 5.65 Å². The van der Waals surface area contributed by atoms with Crippen molar-refractivity contribution in [3.63, 3.8) is 0 Å². The molecule has 0 aliphatic heterocycles. The third kappa shape index (κ3) is 4.52. The third-order valence-electron chi connectivity index (χ3n) is 4.74. The first-order valence-electron chi connectivity index (χ1n) is 9.36. The average molecular weight is 461 g/mol. The van der Waals surface area contributed by atoms with Crippen molar-refractivity contribution < 1.29 is 18.4 Å². The lowest BCUT2D eigenvalue weighted by Crippen LogP contribution is -2.36. The minimum absolute atomic E-state index is 0.350. The summed E-state index contributed by atoms with van der Waals surface area (Å²) in [7, 11) is 3.22. The summed E-state index contributed by atoms with van der Waals surface area (Å²) in [6.07, 6.45) is 2.22. The van der Waals surface area contributed by atoms with Gasteiger partial charge in [-0.05, 0) is 47.7 Å². The number of hydrogen-bond acceptors (Lipinski definition) is 6. The van der Waals surface area contributed by atoms with Gasteiger partial charge in [-0.1, -0.05) is 27.6 Å². The minimum atomic E-state index is -0.361. The van der Waals surface area contributed by atoms with Crippen LogP contribution in [-0.4, -0.2) is 29.2 Å². The molecule has 0 aliphatic rings. The van der Waals surface area contributed by atoms with Gasteiger partial charge in [0.05, 0.1) is 25.7 Å². The molecule has 0 saturated heterocycles. The van der Waals surface area contributed by atoms with Crippen LogP contribution in [0.15, 0.2) is 52.8 Å². The highest BCUT2D eigenvalue weighted by Gasteiger charge is 2.20. The lowest BCUT2D eigenvalue weighted by Gasteiger charge is -2.07. The first kappa shape index (κ1) is 21.2. The zero-order valence-corrected chi connectivity index (χ0v) is 18.4. The molecule has 31 heavy (non-hydrogen) atoms. The summed E-state index contributed by atoms with van der Waals surface area (Å²) in [6, 6.07) is 9.94. The molecule has 2 aromatic heterocycles. The van der Waals surface area contributed by atoms with Crippen molar-refractivity contribution in [1.29, 1.82) is 0 Å². The molecular weight excluding hydrogens is 441 g/mol. The second-order valence-corrected chi connectivity index (χ2v) is 8.11. The number of ether oxygens (including phenoxy) is 2. The van der Waals surface area contributed by atoms with Gasteiger partial charge in [0.2, 0.25) is 17.3 Å². The van der Waals surface area contributed by atoms with E-state index in [0.29, 0.717) is 51.6 Å². The molecule has 0 saturated carbocycles. The highest BCUT2D eigenvalue weighted by atomic mass is 35.5. The van der Waals surface area contributed by atoms with Crippen molar-refractivity contribution in [3.8, 4) is 11.5 Å². The largest absolute Gasteiger partial charge is 0.497 e. The smallest absolute Gasteiger partial charge is 0.294 e. The van der Waals surface area contributed by atoms with E-state index in [1.807, 2.05) is 22.8 Å². The van der Waals surface area contributed by atoms with Crippen LogP contribution < -0.4 is 19.8 Å². The minimum Gasteiger partial charge on any atom is -0.497 e. The molecule has 4 rings (SSSR count). The van der Waals surface area contributed by atoms with E-state index in [-0.39, 0.29) is 5.82 Å². The van der Waals surface area contributed by atoms with Crippen LogP contribution in [0, 0.1) is 5.82 Å². The number of nitrogens with zero attached hydrogens (tertiary/aromatic N) is 3. The highest BCUT2D eigenvalue weighted by Crippen LogP contribution is 2.36. The van der Waals surface area contributed by atoms with Crippen molar-refractivity contribution in [2.45, 2.75) is 23.0 Å². The van der Waals surface area contributed by atoms with E-state index in [1.165, 1.54) is 23.9 Å². The zero-order chi connectivity index (χ0) is 22.0. The molecule has 2 aromatic carbocycles. The van der Waals surface area contributed by atoms with Crippen LogP contribution >= 0.6 is 23.4 Å². The van der Waals surface area contributed by atoms with Crippen molar-refractivity contribution in [3.05, 3.63) is 59.1 Å². The van der Waals surface area contributed by atoms with Gasteiger partial charge in [-0.3, -0.25) is 0 Å². The summed E-state index contributed by atoms with van der Waals surface area (Å²) in [5.41, 5.74) is 8.21. The number of nitrogen functional groups attached to an aromatic ring is 1. The first-order valence-corrected chi connectivity index (χ1v) is 10.6. The number of aromatic nitrogens is 4. The molecule has 0 amide bonds. The van der Waals surface area contributed by atoms with E-state index < -0.39 is 0 Å². The monoisotopic (exact) mass is 460 g/mol. The van der Waals surface area contributed by atoms with E-state index >= 15 is 0 Å². The molecule has 3 N–H and O–H groups in total. The molecule has 0 radical (unpaired) electrons. The third-order valence-corrected chi connectivity index (χ3v) is 6.02. The summed E-state index contributed by atoms with van der Waals surface area (Å²) < 4.78 is 25.9. The molecule has 0 atom stereocenters. The molecule has 4 aromatic rings. The number of anilines is 1. The van der Waals surface area contributed by atoms with Crippen LogP contribution in [0.1, 0.15) is 5.56 Å². The number of halogens is 2. The van der Waals surface area contributed by atoms with Gasteiger partial charge in [-0.25, -0.2) is 8.96 Å². The number of H-pyrrole nitrogens is 1. The summed E-state index contributed by atoms with van der Waals surface area (Å²) in [5, 5.41) is 1.03. The Kier molecular flexibility index (Phi) is 6.15. The van der Waals surface area contributed by atoms with Crippen molar-refractivity contribution in [2.24, 2.45) is 0 Å². The molecule has 160 valence electrons. The van der Waals surface area contributed by atoms with Gasteiger partial charge in [0.15, 0.2) is 5.52 Å². The van der Waals surface area contributed by atoms with Gasteiger partial charge in [0, 0.05) is 11.4 Å². The molecule has 2 heterocycles. The molecule has 0 fully saturated rings. The maximum absolute atomic E-state index is 13.3. The van der Waals surface area contributed by atoms with Crippen LogP contribution in [0.25, 0.3) is 11.2 Å². The first-order chi connectivity index (χ1) is 15.0. The second-order valence-electron chi connectivity index (χ2n) is 6.67. The zero-order valence-electron chi connectivity index (χ0n) is 16.9. The van der Waals surface area contributed by atoms with Crippen molar-refractivity contribution >= 4 is 40.3 Å². The fourth-order valence-electron chi connectivity index (χ4n) is 3.13. The van der Waals surface area contributed by atoms with Gasteiger partial charge in [-0.2, -0.15) is 0 Å². The molecule has 0 aliphatic carbocycles. The van der Waals surface area contributed by atoms with Crippen molar-refractivity contribution in [1.82, 2.24) is 15.0 Å². The summed E-state index contributed by atoms with van der Waals surface area (Å²) in [4.78, 5) is 13.0. The average Bonchev–Trinajstić information content (AvgIpc) is 3.19. The normalized spacial score (nSPS) is 11.1. The number of methoxy groups -OCH3 is 2. The van der Waals surface area contributed by atoms with Crippen LogP contribution in [0.4, 0.5) is 10.2 Å². The lowest BCUT2D eigenvalue weighted by molar-refractivity contribution is -0.675. The maximum Gasteiger partial charge on any atom is 0.294 e. The van der Waals surface area contributed by atoms with E-state index in [9.17, 15) is 4.39 Å². The van der Waals surface area contributed by atoms with Crippen molar-refractivity contribution in [2.75, 3.05) is 20.0 Å². The number of benzene rings is 2. The van der Waals surface area contributed by atoms with Crippen LogP contribution in [0.3, 0.4) is 0 Å². The Morgan fingerprint density at radius 2 is 2.03 bits per heavy atom. The molecular formula is C21H20ClFN5O2S+. The van der Waals surface area contributed by atoms with Crippen LogP contribution in [0.2, 0.25) is 5.02 Å². The van der Waals surface area contributed by atoms with E-state index in [2.05, 4.69) is 9.97 Å².